The molecule has 0 aliphatic rings. The maximum atomic E-state index is 3.89. The summed E-state index contributed by atoms with van der Waals surface area (Å²) in [5.74, 6) is 0. The van der Waals surface area contributed by atoms with Crippen LogP contribution in [-0.4, -0.2) is 6.21 Å². The third-order valence-corrected chi connectivity index (χ3v) is 0.600. The van der Waals surface area contributed by atoms with Crippen LogP contribution < -0.4 is 0 Å². The Morgan fingerprint density at radius 1 is 1.00 bits per heavy atom. The molecule has 0 radical (unpaired) electrons. The lowest BCUT2D eigenvalue weighted by atomic mass is 10.6. The minimum Gasteiger partial charge on any atom is -0.265 e. The second kappa shape index (κ2) is 15.7. The zero-order chi connectivity index (χ0) is 8.24. The van der Waals surface area contributed by atoms with Gasteiger partial charge in [0.25, 0.3) is 0 Å². The SMILES string of the molecule is CC.C\C=C/C=N\C=C/C. The van der Waals surface area contributed by atoms with Crippen molar-refractivity contribution < 1.29 is 0 Å². The number of hydrogen-bond acceptors (Lipinski definition) is 1. The van der Waals surface area contributed by atoms with Gasteiger partial charge in [-0.1, -0.05) is 26.0 Å². The standard InChI is InChI=1S/C7H11N.C2H6/c1-3-5-7-8-6-4-2;1-2/h3-7H,1-2H3;1-2H3/b5-3-,6-4-,8-7-;. The van der Waals surface area contributed by atoms with Crippen molar-refractivity contribution in [2.45, 2.75) is 27.7 Å². The number of aliphatic imine (C=N–C) groups is 1. The van der Waals surface area contributed by atoms with Crippen molar-refractivity contribution in [1.82, 2.24) is 0 Å². The fourth-order valence-electron chi connectivity index (χ4n) is 0.272. The number of nitrogens with zero attached hydrogens (tertiary/aromatic N) is 1. The highest BCUT2D eigenvalue weighted by atomic mass is 14.6. The van der Waals surface area contributed by atoms with Crippen LogP contribution in [0.15, 0.2) is 29.4 Å². The molecule has 1 heteroatoms. The second-order valence-corrected chi connectivity index (χ2v) is 1.31. The lowest BCUT2D eigenvalue weighted by Gasteiger charge is -1.69. The summed E-state index contributed by atoms with van der Waals surface area (Å²) in [6.07, 6.45) is 9.22. The van der Waals surface area contributed by atoms with Gasteiger partial charge in [-0.2, -0.15) is 0 Å². The number of hydrogen-bond donors (Lipinski definition) is 0. The molecule has 0 atom stereocenters. The molecule has 10 heavy (non-hydrogen) atoms. The Hall–Kier alpha value is -0.850. The van der Waals surface area contributed by atoms with Crippen molar-refractivity contribution in [3.8, 4) is 0 Å². The van der Waals surface area contributed by atoms with Crippen molar-refractivity contribution in [2.75, 3.05) is 0 Å². The van der Waals surface area contributed by atoms with E-state index in [1.807, 2.05) is 45.9 Å². The summed E-state index contributed by atoms with van der Waals surface area (Å²) in [4.78, 5) is 3.89. The van der Waals surface area contributed by atoms with Crippen molar-refractivity contribution >= 4 is 6.21 Å². The first-order chi connectivity index (χ1) is 4.91. The molecular weight excluding hydrogens is 122 g/mol. The van der Waals surface area contributed by atoms with Crippen LogP contribution in [-0.2, 0) is 0 Å². The molecule has 0 aromatic carbocycles. The van der Waals surface area contributed by atoms with E-state index >= 15 is 0 Å². The monoisotopic (exact) mass is 139 g/mol. The molecule has 0 aliphatic heterocycles. The minimum atomic E-state index is 1.75. The molecule has 0 unspecified atom stereocenters. The smallest absolute Gasteiger partial charge is 0.0264 e. The predicted molar refractivity (Wildman–Crippen MR) is 49.5 cm³/mol. The zero-order valence-electron chi connectivity index (χ0n) is 7.33. The normalized spacial score (nSPS) is 10.8. The molecule has 1 nitrogen and oxygen atoms in total. The Kier molecular flexibility index (Phi) is 18.7. The van der Waals surface area contributed by atoms with E-state index < -0.39 is 0 Å². The summed E-state index contributed by atoms with van der Waals surface area (Å²) in [5.41, 5.74) is 0. The summed E-state index contributed by atoms with van der Waals surface area (Å²) in [6.45, 7) is 7.90. The van der Waals surface area contributed by atoms with E-state index in [1.165, 1.54) is 0 Å². The zero-order valence-corrected chi connectivity index (χ0v) is 7.33. The van der Waals surface area contributed by atoms with Gasteiger partial charge in [-0.25, -0.2) is 0 Å². The molecule has 0 rings (SSSR count). The van der Waals surface area contributed by atoms with Gasteiger partial charge in [0.15, 0.2) is 0 Å². The van der Waals surface area contributed by atoms with E-state index in [2.05, 4.69) is 4.99 Å². The quantitative estimate of drug-likeness (QED) is 0.521. The van der Waals surface area contributed by atoms with Crippen LogP contribution in [0.4, 0.5) is 0 Å². The summed E-state index contributed by atoms with van der Waals surface area (Å²) >= 11 is 0. The van der Waals surface area contributed by atoms with Gasteiger partial charge in [-0.3, -0.25) is 4.99 Å². The number of allylic oxidation sites excluding steroid dienone is 3. The van der Waals surface area contributed by atoms with E-state index in [-0.39, 0.29) is 0 Å². The fraction of sp³-hybridized carbons (Fsp3) is 0.444. The van der Waals surface area contributed by atoms with Crippen LogP contribution in [0.3, 0.4) is 0 Å². The van der Waals surface area contributed by atoms with Gasteiger partial charge in [0, 0.05) is 12.4 Å². The Balaban J connectivity index is 0. The van der Waals surface area contributed by atoms with Crippen LogP contribution >= 0.6 is 0 Å². The van der Waals surface area contributed by atoms with E-state index in [0.29, 0.717) is 0 Å². The Morgan fingerprint density at radius 2 is 1.60 bits per heavy atom. The van der Waals surface area contributed by atoms with Gasteiger partial charge >= 0.3 is 0 Å². The summed E-state index contributed by atoms with van der Waals surface area (Å²) in [5, 5.41) is 0. The Bertz CT molecular complexity index is 95.9. The average molecular weight is 139 g/mol. The predicted octanol–water partition coefficient (Wildman–Crippen LogP) is 3.19. The minimum absolute atomic E-state index is 1.75. The maximum Gasteiger partial charge on any atom is 0.0264 e. The molecule has 0 aromatic heterocycles. The summed E-state index contributed by atoms with van der Waals surface area (Å²) in [7, 11) is 0. The average Bonchev–Trinajstić information content (AvgIpc) is 2.02. The van der Waals surface area contributed by atoms with E-state index in [1.54, 1.807) is 12.4 Å². The van der Waals surface area contributed by atoms with Gasteiger partial charge in [0.1, 0.15) is 0 Å². The molecule has 0 aliphatic carbocycles. The fourth-order valence-corrected chi connectivity index (χ4v) is 0.272. The highest BCUT2D eigenvalue weighted by Gasteiger charge is 1.55. The molecule has 0 fully saturated rings. The van der Waals surface area contributed by atoms with Crippen molar-refractivity contribution in [3.05, 3.63) is 24.4 Å². The molecule has 0 heterocycles. The van der Waals surface area contributed by atoms with Crippen molar-refractivity contribution in [3.63, 3.8) is 0 Å². The molecule has 0 aromatic rings. The first-order valence-corrected chi connectivity index (χ1v) is 3.67. The maximum absolute atomic E-state index is 3.89. The van der Waals surface area contributed by atoms with Crippen molar-refractivity contribution in [1.29, 1.82) is 0 Å². The third kappa shape index (κ3) is 15.7. The molecule has 0 bridgehead atoms. The van der Waals surface area contributed by atoms with Crippen LogP contribution in [0.1, 0.15) is 27.7 Å². The van der Waals surface area contributed by atoms with Gasteiger partial charge in [0.2, 0.25) is 0 Å². The van der Waals surface area contributed by atoms with Gasteiger partial charge < -0.3 is 0 Å². The summed E-state index contributed by atoms with van der Waals surface area (Å²) in [6, 6.07) is 0. The van der Waals surface area contributed by atoms with Crippen LogP contribution in [0.2, 0.25) is 0 Å². The van der Waals surface area contributed by atoms with Crippen LogP contribution in [0.25, 0.3) is 0 Å². The summed E-state index contributed by atoms with van der Waals surface area (Å²) < 4.78 is 0. The first-order valence-electron chi connectivity index (χ1n) is 3.67. The molecule has 0 saturated carbocycles. The number of rotatable bonds is 2. The van der Waals surface area contributed by atoms with Gasteiger partial charge in [0.05, 0.1) is 0 Å². The Labute approximate surface area is 64.2 Å². The topological polar surface area (TPSA) is 12.4 Å². The molecule has 0 N–H and O–H groups in total. The molecule has 58 valence electrons. The first kappa shape index (κ1) is 11.9. The molecule has 0 saturated heterocycles. The molecule has 0 amide bonds. The highest BCUT2D eigenvalue weighted by Crippen LogP contribution is 1.71. The van der Waals surface area contributed by atoms with E-state index in [9.17, 15) is 0 Å². The van der Waals surface area contributed by atoms with Crippen LogP contribution in [0.5, 0.6) is 0 Å². The lowest BCUT2D eigenvalue weighted by Crippen LogP contribution is -1.57. The van der Waals surface area contributed by atoms with Crippen molar-refractivity contribution in [2.24, 2.45) is 4.99 Å². The molecular formula is C9H17N. The highest BCUT2D eigenvalue weighted by molar-refractivity contribution is 5.71. The third-order valence-electron chi connectivity index (χ3n) is 0.600. The largest absolute Gasteiger partial charge is 0.265 e. The van der Waals surface area contributed by atoms with Gasteiger partial charge in [-0.05, 0) is 19.9 Å². The Morgan fingerprint density at radius 3 is 2.00 bits per heavy atom. The van der Waals surface area contributed by atoms with Crippen LogP contribution in [0, 0.1) is 0 Å². The second-order valence-electron chi connectivity index (χ2n) is 1.31. The lowest BCUT2D eigenvalue weighted by molar-refractivity contribution is 1.50. The molecule has 0 spiro atoms. The van der Waals surface area contributed by atoms with Gasteiger partial charge in [-0.15, -0.1) is 0 Å². The van der Waals surface area contributed by atoms with E-state index in [4.69, 9.17) is 0 Å². The van der Waals surface area contributed by atoms with E-state index in [0.717, 1.165) is 0 Å².